The molecule has 1 saturated carbocycles. The van der Waals surface area contributed by atoms with E-state index < -0.39 is 0 Å². The first-order valence-corrected chi connectivity index (χ1v) is 11.1. The summed E-state index contributed by atoms with van der Waals surface area (Å²) in [5.74, 6) is 1.26. The largest absolute Gasteiger partial charge is 0.441 e. The number of oxazole rings is 1. The molecule has 1 aliphatic rings. The Morgan fingerprint density at radius 3 is 2.59 bits per heavy atom. The molecule has 4 rings (SSSR count). The van der Waals surface area contributed by atoms with Gasteiger partial charge in [0.25, 0.3) is 5.91 Å². The van der Waals surface area contributed by atoms with E-state index in [1.54, 1.807) is 12.1 Å². The monoisotopic (exact) mass is 432 g/mol. The number of rotatable bonds is 7. The highest BCUT2D eigenvalue weighted by Gasteiger charge is 2.20. The number of anilines is 1. The molecule has 0 atom stereocenters. The maximum absolute atomic E-state index is 12.5. The molecule has 7 nitrogen and oxygen atoms in total. The molecule has 2 N–H and O–H groups in total. The van der Waals surface area contributed by atoms with Gasteiger partial charge in [-0.2, -0.15) is 0 Å². The summed E-state index contributed by atoms with van der Waals surface area (Å²) < 4.78 is 5.88. The van der Waals surface area contributed by atoms with Crippen molar-refractivity contribution in [2.75, 3.05) is 5.32 Å². The van der Waals surface area contributed by atoms with Gasteiger partial charge in [-0.25, -0.2) is 9.97 Å². The lowest BCUT2D eigenvalue weighted by Gasteiger charge is -2.11. The number of carbonyl (C=O) groups excluding carboxylic acids is 2. The minimum atomic E-state index is -0.266. The molecule has 166 valence electrons. The van der Waals surface area contributed by atoms with Crippen LogP contribution < -0.4 is 10.6 Å². The van der Waals surface area contributed by atoms with Crippen LogP contribution in [0.3, 0.4) is 0 Å². The van der Waals surface area contributed by atoms with Gasteiger partial charge in [-0.3, -0.25) is 9.59 Å². The summed E-state index contributed by atoms with van der Waals surface area (Å²) in [4.78, 5) is 33.8. The first-order valence-electron chi connectivity index (χ1n) is 11.1. The highest BCUT2D eigenvalue weighted by Crippen LogP contribution is 2.31. The summed E-state index contributed by atoms with van der Waals surface area (Å²) in [5.41, 5.74) is 3.17. The van der Waals surface area contributed by atoms with Crippen molar-refractivity contribution in [2.45, 2.75) is 52.5 Å². The van der Waals surface area contributed by atoms with Crippen LogP contribution in [0.2, 0.25) is 0 Å². The normalized spacial score (nSPS) is 13.8. The van der Waals surface area contributed by atoms with Gasteiger partial charge in [0.05, 0.1) is 17.8 Å². The number of nitrogens with one attached hydrogen (secondary N) is 2. The van der Waals surface area contributed by atoms with Crippen LogP contribution in [-0.4, -0.2) is 21.8 Å². The molecule has 0 unspecified atom stereocenters. The number of hydrogen-bond donors (Lipinski definition) is 2. The van der Waals surface area contributed by atoms with Crippen LogP contribution in [0.25, 0.3) is 11.5 Å². The van der Waals surface area contributed by atoms with E-state index in [-0.39, 0.29) is 18.4 Å². The Hall–Kier alpha value is -3.48. The molecule has 2 heterocycles. The number of aryl methyl sites for hydroxylation is 2. The fourth-order valence-corrected chi connectivity index (χ4v) is 4.09. The van der Waals surface area contributed by atoms with E-state index >= 15 is 0 Å². The first-order chi connectivity index (χ1) is 15.5. The molecule has 7 heteroatoms. The Bertz CT molecular complexity index is 1120. The van der Waals surface area contributed by atoms with Crippen LogP contribution >= 0.6 is 0 Å². The predicted octanol–water partition coefficient (Wildman–Crippen LogP) is 4.80. The van der Waals surface area contributed by atoms with E-state index in [4.69, 9.17) is 4.42 Å². The van der Waals surface area contributed by atoms with Crippen molar-refractivity contribution >= 4 is 17.5 Å². The van der Waals surface area contributed by atoms with Crippen LogP contribution in [0.4, 0.5) is 5.69 Å². The van der Waals surface area contributed by atoms with Gasteiger partial charge >= 0.3 is 0 Å². The fourth-order valence-electron chi connectivity index (χ4n) is 4.09. The van der Waals surface area contributed by atoms with Crippen molar-refractivity contribution in [1.82, 2.24) is 15.3 Å². The molecule has 2 aromatic heterocycles. The van der Waals surface area contributed by atoms with Crippen molar-refractivity contribution in [1.29, 1.82) is 0 Å². The Labute approximate surface area is 187 Å². The van der Waals surface area contributed by atoms with Crippen LogP contribution in [-0.2, 0) is 11.3 Å². The van der Waals surface area contributed by atoms with Gasteiger partial charge in [-0.05, 0) is 56.9 Å². The van der Waals surface area contributed by atoms with Gasteiger partial charge in [0, 0.05) is 12.1 Å². The Morgan fingerprint density at radius 1 is 1.03 bits per heavy atom. The fraction of sp³-hybridized carbons (Fsp3) is 0.360. The SMILES string of the molecule is Cc1cccc(C(=O)NCc2nc(-c3ccccc3NC(=O)CC3CCCC3)oc2C)n1. The van der Waals surface area contributed by atoms with E-state index in [9.17, 15) is 9.59 Å². The zero-order chi connectivity index (χ0) is 22.5. The first kappa shape index (κ1) is 21.7. The Balaban J connectivity index is 1.45. The average Bonchev–Trinajstić information content (AvgIpc) is 3.42. The van der Waals surface area contributed by atoms with Gasteiger partial charge in [-0.1, -0.05) is 31.0 Å². The lowest BCUT2D eigenvalue weighted by Crippen LogP contribution is -2.24. The Kier molecular flexibility index (Phi) is 6.63. The molecule has 0 spiro atoms. The quantitative estimate of drug-likeness (QED) is 0.559. The van der Waals surface area contributed by atoms with Crippen LogP contribution in [0.1, 0.15) is 59.7 Å². The van der Waals surface area contributed by atoms with Gasteiger partial charge in [0.2, 0.25) is 11.8 Å². The molecule has 3 aromatic rings. The second-order valence-electron chi connectivity index (χ2n) is 8.32. The van der Waals surface area contributed by atoms with E-state index in [0.717, 1.165) is 18.5 Å². The average molecular weight is 433 g/mol. The van der Waals surface area contributed by atoms with Crippen LogP contribution in [0.5, 0.6) is 0 Å². The number of amides is 2. The molecular weight excluding hydrogens is 404 g/mol. The molecule has 0 saturated heterocycles. The number of hydrogen-bond acceptors (Lipinski definition) is 5. The lowest BCUT2D eigenvalue weighted by atomic mass is 10.0. The third-order valence-electron chi connectivity index (χ3n) is 5.81. The minimum absolute atomic E-state index is 0.0192. The van der Waals surface area contributed by atoms with Gasteiger partial charge in [0.15, 0.2) is 0 Å². The molecule has 2 amide bonds. The molecule has 0 radical (unpaired) electrons. The van der Waals surface area contributed by atoms with Crippen LogP contribution in [0, 0.1) is 19.8 Å². The summed E-state index contributed by atoms with van der Waals surface area (Å²) in [6.07, 6.45) is 5.22. The number of para-hydroxylation sites is 1. The van der Waals surface area contributed by atoms with E-state index in [1.807, 2.05) is 44.2 Å². The van der Waals surface area contributed by atoms with Gasteiger partial charge in [-0.15, -0.1) is 0 Å². The van der Waals surface area contributed by atoms with Crippen molar-refractivity contribution in [2.24, 2.45) is 5.92 Å². The maximum atomic E-state index is 12.5. The van der Waals surface area contributed by atoms with Crippen molar-refractivity contribution in [3.05, 3.63) is 65.3 Å². The predicted molar refractivity (Wildman–Crippen MR) is 122 cm³/mol. The highest BCUT2D eigenvalue weighted by molar-refractivity contribution is 5.94. The molecule has 1 fully saturated rings. The molecule has 32 heavy (non-hydrogen) atoms. The summed E-state index contributed by atoms with van der Waals surface area (Å²) in [5, 5.41) is 5.87. The van der Waals surface area contributed by atoms with Crippen molar-refractivity contribution < 1.29 is 14.0 Å². The smallest absolute Gasteiger partial charge is 0.270 e. The minimum Gasteiger partial charge on any atom is -0.441 e. The van der Waals surface area contributed by atoms with Crippen LogP contribution in [0.15, 0.2) is 46.9 Å². The van der Waals surface area contributed by atoms with Gasteiger partial charge in [0.1, 0.15) is 17.1 Å². The number of benzene rings is 1. The summed E-state index contributed by atoms with van der Waals surface area (Å²) >= 11 is 0. The highest BCUT2D eigenvalue weighted by atomic mass is 16.4. The third kappa shape index (κ3) is 5.22. The lowest BCUT2D eigenvalue weighted by molar-refractivity contribution is -0.117. The third-order valence-corrected chi connectivity index (χ3v) is 5.81. The number of carbonyl (C=O) groups is 2. The molecular formula is C25H28N4O3. The number of aromatic nitrogens is 2. The molecule has 1 aromatic carbocycles. The van der Waals surface area contributed by atoms with Crippen molar-refractivity contribution in [3.8, 4) is 11.5 Å². The zero-order valence-corrected chi connectivity index (χ0v) is 18.5. The summed E-state index contributed by atoms with van der Waals surface area (Å²) in [6.45, 7) is 3.87. The van der Waals surface area contributed by atoms with Crippen molar-refractivity contribution in [3.63, 3.8) is 0 Å². The molecule has 0 aliphatic heterocycles. The molecule has 1 aliphatic carbocycles. The Morgan fingerprint density at radius 2 is 1.81 bits per heavy atom. The maximum Gasteiger partial charge on any atom is 0.270 e. The number of nitrogens with zero attached hydrogens (tertiary/aromatic N) is 2. The summed E-state index contributed by atoms with van der Waals surface area (Å²) in [6, 6.07) is 12.8. The summed E-state index contributed by atoms with van der Waals surface area (Å²) in [7, 11) is 0. The number of pyridine rings is 1. The van der Waals surface area contributed by atoms with E-state index in [1.165, 1.54) is 12.8 Å². The van der Waals surface area contributed by atoms with E-state index in [0.29, 0.717) is 46.6 Å². The van der Waals surface area contributed by atoms with E-state index in [2.05, 4.69) is 20.6 Å². The molecule has 0 bridgehead atoms. The zero-order valence-electron chi connectivity index (χ0n) is 18.5. The topological polar surface area (TPSA) is 97.1 Å². The second kappa shape index (κ2) is 9.77. The second-order valence-corrected chi connectivity index (χ2v) is 8.32. The standard InChI is InChI=1S/C25H28N4O3/c1-16-8-7-13-21(27-16)24(31)26-15-22-17(2)32-25(29-22)19-11-5-6-12-20(19)28-23(30)14-18-9-3-4-10-18/h5-8,11-13,18H,3-4,9-10,14-15H2,1-2H3,(H,26,31)(H,28,30). The van der Waals surface area contributed by atoms with Gasteiger partial charge < -0.3 is 15.1 Å².